The molecule has 2 aromatic heterocycles. The highest BCUT2D eigenvalue weighted by Crippen LogP contribution is 2.38. The van der Waals surface area contributed by atoms with Gasteiger partial charge in [-0.05, 0) is 16.7 Å². The Kier molecular flexibility index (Phi) is 8.50. The molecule has 9 nitrogen and oxygen atoms in total. The summed E-state index contributed by atoms with van der Waals surface area (Å²) in [5, 5.41) is 0.181. The van der Waals surface area contributed by atoms with E-state index in [0.29, 0.717) is 37.6 Å². The topological polar surface area (TPSA) is 107 Å². The van der Waals surface area contributed by atoms with Crippen LogP contribution in [0.25, 0.3) is 11.2 Å². The summed E-state index contributed by atoms with van der Waals surface area (Å²) < 4.78 is 27.7. The fraction of sp³-hybridized carbons (Fsp3) is 0.258. The second kappa shape index (κ2) is 12.8. The predicted octanol–water partition coefficient (Wildman–Crippen LogP) is 5.35. The van der Waals surface area contributed by atoms with Crippen LogP contribution in [-0.4, -0.2) is 44.4 Å². The van der Waals surface area contributed by atoms with E-state index in [-0.39, 0.29) is 11.1 Å². The molecule has 5 aromatic rings. The third-order valence-electron chi connectivity index (χ3n) is 6.93. The van der Waals surface area contributed by atoms with Crippen molar-refractivity contribution >= 4 is 28.7 Å². The average molecular weight is 572 g/mol. The number of halogens is 1. The van der Waals surface area contributed by atoms with Crippen molar-refractivity contribution < 1.29 is 18.9 Å². The van der Waals surface area contributed by atoms with E-state index in [9.17, 15) is 0 Å². The Morgan fingerprint density at radius 3 is 1.93 bits per heavy atom. The summed E-state index contributed by atoms with van der Waals surface area (Å²) >= 11 is 6.53. The lowest BCUT2D eigenvalue weighted by atomic mass is 10.1. The van der Waals surface area contributed by atoms with E-state index < -0.39 is 24.5 Å². The lowest BCUT2D eigenvalue weighted by molar-refractivity contribution is -0.0913. The van der Waals surface area contributed by atoms with Crippen LogP contribution in [0.3, 0.4) is 0 Å². The molecule has 0 saturated carbocycles. The zero-order chi connectivity index (χ0) is 28.0. The molecule has 4 atom stereocenters. The van der Waals surface area contributed by atoms with Crippen LogP contribution >= 0.6 is 11.6 Å². The quantitative estimate of drug-likeness (QED) is 0.212. The summed E-state index contributed by atoms with van der Waals surface area (Å²) in [6, 6.07) is 30.0. The van der Waals surface area contributed by atoms with Crippen molar-refractivity contribution in [1.29, 1.82) is 0 Å². The van der Waals surface area contributed by atoms with Gasteiger partial charge in [0, 0.05) is 0 Å². The van der Waals surface area contributed by atoms with Crippen molar-refractivity contribution in [1.82, 2.24) is 19.5 Å². The largest absolute Gasteiger partial charge is 0.374 e. The molecular weight excluding hydrogens is 542 g/mol. The van der Waals surface area contributed by atoms with Crippen molar-refractivity contribution in [2.45, 2.75) is 44.4 Å². The number of ether oxygens (including phenoxy) is 4. The first-order chi connectivity index (χ1) is 20.2. The number of imidazole rings is 1. The first-order valence-corrected chi connectivity index (χ1v) is 13.8. The van der Waals surface area contributed by atoms with Crippen LogP contribution in [0.2, 0.25) is 5.15 Å². The number of benzene rings is 3. The van der Waals surface area contributed by atoms with E-state index >= 15 is 0 Å². The smallest absolute Gasteiger partial charge is 0.223 e. The molecular formula is C31H30ClN5O4. The highest BCUT2D eigenvalue weighted by atomic mass is 35.5. The molecule has 41 heavy (non-hydrogen) atoms. The number of rotatable bonds is 11. The van der Waals surface area contributed by atoms with Gasteiger partial charge >= 0.3 is 0 Å². The minimum atomic E-state index is -0.639. The van der Waals surface area contributed by atoms with E-state index in [1.807, 2.05) is 91.0 Å². The van der Waals surface area contributed by atoms with Crippen molar-refractivity contribution in [3.63, 3.8) is 0 Å². The highest BCUT2D eigenvalue weighted by Gasteiger charge is 2.48. The maximum Gasteiger partial charge on any atom is 0.223 e. The summed E-state index contributed by atoms with van der Waals surface area (Å²) in [7, 11) is 0. The van der Waals surface area contributed by atoms with E-state index in [0.717, 1.165) is 16.7 Å². The minimum absolute atomic E-state index is 0.0493. The van der Waals surface area contributed by atoms with Gasteiger partial charge in [-0.15, -0.1) is 0 Å². The lowest BCUT2D eigenvalue weighted by Gasteiger charge is -2.25. The molecule has 0 spiro atoms. The molecule has 1 aliphatic heterocycles. The molecule has 0 aliphatic carbocycles. The van der Waals surface area contributed by atoms with Gasteiger partial charge in [0.1, 0.15) is 23.8 Å². The number of anilines is 1. The van der Waals surface area contributed by atoms with Crippen LogP contribution in [0.1, 0.15) is 22.9 Å². The Morgan fingerprint density at radius 1 is 0.756 bits per heavy atom. The van der Waals surface area contributed by atoms with Crippen LogP contribution in [0.4, 0.5) is 5.95 Å². The third-order valence-corrected chi connectivity index (χ3v) is 7.19. The lowest BCUT2D eigenvalue weighted by Crippen LogP contribution is -2.38. The van der Waals surface area contributed by atoms with Crippen LogP contribution in [0, 0.1) is 0 Å². The summed E-state index contributed by atoms with van der Waals surface area (Å²) in [5.41, 5.74) is 9.84. The van der Waals surface area contributed by atoms with Crippen molar-refractivity contribution in [3.05, 3.63) is 119 Å². The maximum absolute atomic E-state index is 6.64. The molecule has 3 heterocycles. The summed E-state index contributed by atoms with van der Waals surface area (Å²) in [4.78, 5) is 12.8. The van der Waals surface area contributed by atoms with Gasteiger partial charge in [0.2, 0.25) is 5.95 Å². The number of nitrogens with zero attached hydrogens (tertiary/aromatic N) is 4. The van der Waals surface area contributed by atoms with Gasteiger partial charge in [-0.2, -0.15) is 9.97 Å². The van der Waals surface area contributed by atoms with Crippen molar-refractivity contribution in [2.24, 2.45) is 0 Å². The van der Waals surface area contributed by atoms with Gasteiger partial charge in [-0.1, -0.05) is 103 Å². The Bertz CT molecular complexity index is 1550. The van der Waals surface area contributed by atoms with Crippen LogP contribution in [-0.2, 0) is 38.8 Å². The molecule has 0 amide bonds. The van der Waals surface area contributed by atoms with Gasteiger partial charge in [-0.25, -0.2) is 4.98 Å². The Labute approximate surface area is 242 Å². The van der Waals surface area contributed by atoms with Gasteiger partial charge in [0.25, 0.3) is 0 Å². The van der Waals surface area contributed by atoms with Crippen LogP contribution < -0.4 is 5.73 Å². The number of aromatic nitrogens is 4. The first-order valence-electron chi connectivity index (χ1n) is 13.4. The fourth-order valence-corrected chi connectivity index (χ4v) is 5.23. The standard InChI is InChI=1S/C31H30ClN5O4/c32-28-25-29(36-31(33)35-28)34-20-37(25)30-27(40-18-23-14-8-3-9-15-23)26(39-17-22-12-6-2-7-13-22)24(41-30)19-38-16-21-10-4-1-5-11-21/h1-15,20,24,26-27,30H,16-19H2,(H2,33,35,36)/t24-,26-,27+,30-/m1/s1. The molecule has 210 valence electrons. The Balaban J connectivity index is 1.31. The molecule has 1 saturated heterocycles. The number of nitrogens with two attached hydrogens (primary N) is 1. The highest BCUT2D eigenvalue weighted by molar-refractivity contribution is 6.33. The van der Waals surface area contributed by atoms with Gasteiger partial charge in [0.15, 0.2) is 17.0 Å². The Hall–Kier alpha value is -3.86. The summed E-state index contributed by atoms with van der Waals surface area (Å²) in [5.74, 6) is 0.0493. The van der Waals surface area contributed by atoms with Crippen LogP contribution in [0.5, 0.6) is 0 Å². The molecule has 1 aliphatic rings. The first kappa shape index (κ1) is 27.3. The van der Waals surface area contributed by atoms with E-state index in [1.165, 1.54) is 0 Å². The molecule has 3 aromatic carbocycles. The summed E-state index contributed by atoms with van der Waals surface area (Å²) in [6.07, 6.45) is -0.463. The van der Waals surface area contributed by atoms with E-state index in [4.69, 9.17) is 36.3 Å². The van der Waals surface area contributed by atoms with Gasteiger partial charge in [0.05, 0.1) is 32.8 Å². The Morgan fingerprint density at radius 2 is 1.32 bits per heavy atom. The zero-order valence-corrected chi connectivity index (χ0v) is 23.0. The maximum atomic E-state index is 6.64. The second-order valence-corrected chi connectivity index (χ2v) is 10.1. The number of fused-ring (bicyclic) bond motifs is 1. The SMILES string of the molecule is Nc1nc(Cl)c2c(ncn2[C@@H]2O[C@H](COCc3ccccc3)[C@@H](OCc3ccccc3)[C@@H]2OCc2ccccc2)n1. The number of nitrogen functional groups attached to an aromatic ring is 1. The summed E-state index contributed by atoms with van der Waals surface area (Å²) in [6.45, 7) is 1.48. The van der Waals surface area contributed by atoms with Gasteiger partial charge < -0.3 is 24.7 Å². The third kappa shape index (κ3) is 6.40. The average Bonchev–Trinajstić information content (AvgIpc) is 3.57. The molecule has 1 fully saturated rings. The predicted molar refractivity (Wildman–Crippen MR) is 155 cm³/mol. The van der Waals surface area contributed by atoms with E-state index in [2.05, 4.69) is 15.0 Å². The van der Waals surface area contributed by atoms with Crippen molar-refractivity contribution in [3.8, 4) is 0 Å². The molecule has 10 heteroatoms. The number of hydrogen-bond donors (Lipinski definition) is 1. The fourth-order valence-electron chi connectivity index (χ4n) is 4.96. The minimum Gasteiger partial charge on any atom is -0.374 e. The van der Waals surface area contributed by atoms with Crippen LogP contribution in [0.15, 0.2) is 97.3 Å². The van der Waals surface area contributed by atoms with Crippen molar-refractivity contribution in [2.75, 3.05) is 12.3 Å². The molecule has 0 radical (unpaired) electrons. The van der Waals surface area contributed by atoms with Gasteiger partial charge in [-0.3, -0.25) is 4.57 Å². The molecule has 0 bridgehead atoms. The molecule has 0 unspecified atom stereocenters. The second-order valence-electron chi connectivity index (χ2n) is 9.78. The normalized spacial score (nSPS) is 20.5. The number of hydrogen-bond acceptors (Lipinski definition) is 8. The molecule has 6 rings (SSSR count). The van der Waals surface area contributed by atoms with E-state index in [1.54, 1.807) is 10.9 Å². The zero-order valence-electron chi connectivity index (χ0n) is 22.3. The monoisotopic (exact) mass is 571 g/mol. The molecule has 2 N–H and O–H groups in total.